The fraction of sp³-hybridized carbons (Fsp3) is 0.174. The number of rotatable bonds is 5. The van der Waals surface area contributed by atoms with Gasteiger partial charge >= 0.3 is 24.7 Å². The summed E-state index contributed by atoms with van der Waals surface area (Å²) in [6, 6.07) is 19.9. The highest BCUT2D eigenvalue weighted by Gasteiger charge is 2.38. The van der Waals surface area contributed by atoms with Crippen LogP contribution in [-0.4, -0.2) is 30.4 Å². The first-order valence-electron chi connectivity index (χ1n) is 20.2. The van der Waals surface area contributed by atoms with E-state index in [0.29, 0.717) is 64.7 Å². The second-order valence-electron chi connectivity index (χ2n) is 15.4. The molecule has 0 spiro atoms. The van der Waals surface area contributed by atoms with E-state index in [1.807, 2.05) is 23.4 Å². The van der Waals surface area contributed by atoms with Crippen LogP contribution in [0.25, 0.3) is 21.5 Å². The lowest BCUT2D eigenvalue weighted by molar-refractivity contribution is -0.144. The Morgan fingerprint density at radius 2 is 0.886 bits per heavy atom. The predicted molar refractivity (Wildman–Crippen MR) is 240 cm³/mol. The van der Waals surface area contributed by atoms with Gasteiger partial charge in [0.15, 0.2) is 22.6 Å². The van der Waals surface area contributed by atoms with E-state index < -0.39 is 58.3 Å². The van der Waals surface area contributed by atoms with E-state index >= 15 is 0 Å². The molecule has 4 aromatic heterocycles. The maximum atomic E-state index is 13.2. The first-order valence-corrected chi connectivity index (χ1v) is 20.6. The number of anilines is 5. The molecule has 0 unspecified atom stereocenters. The van der Waals surface area contributed by atoms with Crippen LogP contribution in [0.4, 0.5) is 81.5 Å². The highest BCUT2D eigenvalue weighted by atomic mass is 35.5. The Balaban J connectivity index is 0.000000176. The molecule has 70 heavy (non-hydrogen) atoms. The van der Waals surface area contributed by atoms with Crippen LogP contribution in [0.5, 0.6) is 0 Å². The Bertz CT molecular complexity index is 3050. The molecule has 0 saturated heterocycles. The first-order chi connectivity index (χ1) is 32.6. The summed E-state index contributed by atoms with van der Waals surface area (Å²) in [5, 5.41) is 26.2. The summed E-state index contributed by atoms with van der Waals surface area (Å²) in [7, 11) is 0. The second kappa shape index (κ2) is 20.1. The maximum Gasteiger partial charge on any atom is 0.416 e. The van der Waals surface area contributed by atoms with Crippen molar-refractivity contribution in [3.8, 4) is 0 Å². The fourth-order valence-electron chi connectivity index (χ4n) is 7.40. The zero-order chi connectivity index (χ0) is 49.3. The minimum Gasteiger partial charge on any atom is -0.346 e. The zero-order valence-electron chi connectivity index (χ0n) is 35.3. The molecule has 0 radical (unpaired) electrons. The molecule has 4 aromatic carbocycles. The van der Waals surface area contributed by atoms with Crippen LogP contribution in [-0.2, 0) is 50.9 Å². The molecule has 0 fully saturated rings. The van der Waals surface area contributed by atoms with Gasteiger partial charge in [-0.15, -0.1) is 32.8 Å². The number of hydrogen-bond donors (Lipinski definition) is 3. The van der Waals surface area contributed by atoms with Gasteiger partial charge in [-0.1, -0.05) is 60.1 Å². The normalized spacial score (nSPS) is 13.4. The van der Waals surface area contributed by atoms with Crippen molar-refractivity contribution < 1.29 is 52.7 Å². The average molecular weight is 1020 g/mol. The lowest BCUT2D eigenvalue weighted by atomic mass is 10.1. The van der Waals surface area contributed by atoms with Crippen molar-refractivity contribution in [2.24, 2.45) is 0 Å². The Hall–Kier alpha value is -7.04. The number of benzene rings is 4. The Morgan fingerprint density at radius 1 is 0.471 bits per heavy atom. The van der Waals surface area contributed by atoms with Crippen molar-refractivity contribution in [1.29, 1.82) is 0 Å². The van der Waals surface area contributed by atoms with E-state index in [-0.39, 0.29) is 41.3 Å². The molecule has 10 rings (SSSR count). The Morgan fingerprint density at radius 3 is 1.37 bits per heavy atom. The van der Waals surface area contributed by atoms with Crippen molar-refractivity contribution >= 4 is 74.4 Å². The molecule has 8 aromatic rings. The number of alkyl halides is 12. The molecule has 364 valence electrons. The molecule has 2 aliphatic rings. The topological polar surface area (TPSA) is 117 Å². The van der Waals surface area contributed by atoms with Crippen LogP contribution < -0.4 is 20.9 Å². The molecule has 0 amide bonds. The van der Waals surface area contributed by atoms with Crippen molar-refractivity contribution in [2.45, 2.75) is 50.9 Å². The van der Waals surface area contributed by atoms with Gasteiger partial charge in [0.1, 0.15) is 0 Å². The maximum absolute atomic E-state index is 13.2. The van der Waals surface area contributed by atoms with E-state index in [1.54, 1.807) is 60.9 Å². The van der Waals surface area contributed by atoms with Crippen LogP contribution in [0, 0.1) is 0 Å². The Labute approximate surface area is 399 Å². The van der Waals surface area contributed by atoms with E-state index in [2.05, 4.69) is 52.4 Å². The SMILES string of the molecule is Cl.FC(F)(F)c1cc(Nc2nnc(Cl)c3ccccc23)cc(C(F)(F)F)c1.FC(F)(F)c1cc(Nc2nnc(N3Cc4ccncc4C3)c3ccccc23)cc(C(F)(F)F)c1.c1cc2c(cn1)CNC2. The van der Waals surface area contributed by atoms with Gasteiger partial charge in [0.25, 0.3) is 0 Å². The van der Waals surface area contributed by atoms with Gasteiger partial charge in [-0.2, -0.15) is 52.7 Å². The van der Waals surface area contributed by atoms with E-state index in [4.69, 9.17) is 11.6 Å². The summed E-state index contributed by atoms with van der Waals surface area (Å²) in [6.07, 6.45) is -12.5. The van der Waals surface area contributed by atoms with E-state index in [1.165, 1.54) is 11.1 Å². The summed E-state index contributed by atoms with van der Waals surface area (Å²) in [6.45, 7) is 3.13. The average Bonchev–Trinajstić information content (AvgIpc) is 3.97. The molecule has 0 saturated carbocycles. The van der Waals surface area contributed by atoms with Gasteiger partial charge in [0.05, 0.1) is 22.3 Å². The number of hydrogen-bond acceptors (Lipinski definition) is 10. The molecular formula is C46H32Cl2F12N10. The largest absolute Gasteiger partial charge is 0.416 e. The summed E-state index contributed by atoms with van der Waals surface area (Å²) in [5.41, 5.74) is -1.64. The fourth-order valence-corrected chi connectivity index (χ4v) is 7.60. The van der Waals surface area contributed by atoms with Crippen molar-refractivity contribution in [2.75, 3.05) is 15.5 Å². The third-order valence-corrected chi connectivity index (χ3v) is 11.0. The highest BCUT2D eigenvalue weighted by molar-refractivity contribution is 6.34. The van der Waals surface area contributed by atoms with Crippen LogP contribution in [0.1, 0.15) is 44.5 Å². The van der Waals surface area contributed by atoms with Gasteiger partial charge in [-0.25, -0.2) is 0 Å². The minimum atomic E-state index is -4.95. The lowest BCUT2D eigenvalue weighted by Crippen LogP contribution is -2.17. The van der Waals surface area contributed by atoms with Crippen LogP contribution in [0.3, 0.4) is 0 Å². The summed E-state index contributed by atoms with van der Waals surface area (Å²) in [5.74, 6) is 0.583. The number of pyridine rings is 2. The van der Waals surface area contributed by atoms with Gasteiger partial charge in [0.2, 0.25) is 0 Å². The molecule has 2 aliphatic heterocycles. The van der Waals surface area contributed by atoms with Crippen LogP contribution in [0.2, 0.25) is 5.15 Å². The molecule has 3 N–H and O–H groups in total. The zero-order valence-corrected chi connectivity index (χ0v) is 36.9. The standard InChI is InChI=1S/C23H15F6N5.C16H8ClF6N3.C7H8N2.ClH/c24-22(25,26)15-7-16(23(27,28)29)9-17(8-15)31-20-18-3-1-2-4-19(18)21(33-32-20)34-11-13-5-6-30-10-14(13)12-34;17-13-11-3-1-2-4-12(11)14(26-25-13)24-10-6-8(15(18,19)20)5-9(7-10)16(21,22)23;1-2-8-4-7-5-9-3-6(1)7;/h1-10H,11-12H2,(H,31,32);1-7H,(H,24,26);1-2,4,9H,3,5H2;1H. The second-order valence-corrected chi connectivity index (χ2v) is 15.7. The van der Waals surface area contributed by atoms with Crippen molar-refractivity contribution in [1.82, 2.24) is 35.7 Å². The minimum absolute atomic E-state index is 0. The molecule has 24 heteroatoms. The summed E-state index contributed by atoms with van der Waals surface area (Å²) >= 11 is 5.90. The number of aromatic nitrogens is 6. The van der Waals surface area contributed by atoms with Gasteiger partial charge in [0, 0.05) is 83.9 Å². The number of nitrogens with one attached hydrogen (secondary N) is 3. The van der Waals surface area contributed by atoms with E-state index in [0.717, 1.165) is 24.2 Å². The molecule has 0 atom stereocenters. The number of fused-ring (bicyclic) bond motifs is 4. The quantitative estimate of drug-likeness (QED) is 0.144. The molecule has 0 aliphatic carbocycles. The molecule has 6 heterocycles. The summed E-state index contributed by atoms with van der Waals surface area (Å²) in [4.78, 5) is 10.1. The smallest absolute Gasteiger partial charge is 0.346 e. The van der Waals surface area contributed by atoms with Gasteiger partial charge < -0.3 is 20.9 Å². The number of nitrogens with zero attached hydrogens (tertiary/aromatic N) is 7. The highest BCUT2D eigenvalue weighted by Crippen LogP contribution is 2.41. The van der Waals surface area contributed by atoms with Gasteiger partial charge in [-0.3, -0.25) is 9.97 Å². The van der Waals surface area contributed by atoms with Crippen molar-refractivity contribution in [3.63, 3.8) is 0 Å². The first kappa shape index (κ1) is 50.8. The third-order valence-electron chi connectivity index (χ3n) is 10.7. The molecule has 10 nitrogen and oxygen atoms in total. The Kier molecular flexibility index (Phi) is 14.6. The third kappa shape index (κ3) is 11.7. The van der Waals surface area contributed by atoms with Crippen LogP contribution in [0.15, 0.2) is 122 Å². The molecule has 0 bridgehead atoms. The lowest BCUT2D eigenvalue weighted by Gasteiger charge is -2.20. The predicted octanol–water partition coefficient (Wildman–Crippen LogP) is 13.5. The monoisotopic (exact) mass is 1020 g/mol. The van der Waals surface area contributed by atoms with Crippen LogP contribution >= 0.6 is 24.0 Å². The number of halogens is 14. The van der Waals surface area contributed by atoms with Gasteiger partial charge in [-0.05, 0) is 70.8 Å². The van der Waals surface area contributed by atoms with E-state index in [9.17, 15) is 52.7 Å². The molecular weight excluding hydrogens is 991 g/mol. The van der Waals surface area contributed by atoms with Crippen molar-refractivity contribution in [3.05, 3.63) is 172 Å². The summed E-state index contributed by atoms with van der Waals surface area (Å²) < 4.78 is 157.